The molecule has 0 spiro atoms. The summed E-state index contributed by atoms with van der Waals surface area (Å²) in [7, 11) is 0. The second-order valence-electron chi connectivity index (χ2n) is 5.58. The third kappa shape index (κ3) is 5.45. The lowest BCUT2D eigenvalue weighted by molar-refractivity contribution is -0.113. The van der Waals surface area contributed by atoms with Crippen LogP contribution in [0.25, 0.3) is 0 Å². The SMILES string of the molecule is CCOc1ccccc1NC(=O)CSc1nnc(Nc2ccccc2C)s1. The number of benzene rings is 2. The molecule has 1 heterocycles. The van der Waals surface area contributed by atoms with Crippen LogP contribution in [0.2, 0.25) is 0 Å². The highest BCUT2D eigenvalue weighted by molar-refractivity contribution is 8.01. The number of nitrogens with one attached hydrogen (secondary N) is 2. The maximum Gasteiger partial charge on any atom is 0.234 e. The smallest absolute Gasteiger partial charge is 0.234 e. The summed E-state index contributed by atoms with van der Waals surface area (Å²) in [6.07, 6.45) is 0. The number of carbonyl (C=O) groups is 1. The lowest BCUT2D eigenvalue weighted by atomic mass is 10.2. The van der Waals surface area contributed by atoms with Gasteiger partial charge in [0.2, 0.25) is 11.0 Å². The third-order valence-corrected chi connectivity index (χ3v) is 5.55. The fourth-order valence-corrected chi connectivity index (χ4v) is 3.88. The van der Waals surface area contributed by atoms with E-state index in [1.807, 2.05) is 62.4 Å². The number of thioether (sulfide) groups is 1. The highest BCUT2D eigenvalue weighted by Gasteiger charge is 2.11. The Balaban J connectivity index is 1.54. The van der Waals surface area contributed by atoms with Crippen molar-refractivity contribution in [2.24, 2.45) is 0 Å². The molecule has 0 atom stereocenters. The van der Waals surface area contributed by atoms with Crippen LogP contribution in [0.5, 0.6) is 5.75 Å². The Labute approximate surface area is 166 Å². The van der Waals surface area contributed by atoms with Crippen LogP contribution in [0.15, 0.2) is 52.9 Å². The van der Waals surface area contributed by atoms with Crippen LogP contribution in [-0.4, -0.2) is 28.5 Å². The number of anilines is 3. The van der Waals surface area contributed by atoms with Crippen molar-refractivity contribution in [1.29, 1.82) is 0 Å². The van der Waals surface area contributed by atoms with Crippen LogP contribution in [0.1, 0.15) is 12.5 Å². The quantitative estimate of drug-likeness (QED) is 0.533. The summed E-state index contributed by atoms with van der Waals surface area (Å²) >= 11 is 2.78. The monoisotopic (exact) mass is 400 g/mol. The van der Waals surface area contributed by atoms with Gasteiger partial charge in [0.1, 0.15) is 5.75 Å². The summed E-state index contributed by atoms with van der Waals surface area (Å²) in [6.45, 7) is 4.49. The summed E-state index contributed by atoms with van der Waals surface area (Å²) < 4.78 is 6.26. The van der Waals surface area contributed by atoms with Gasteiger partial charge in [-0.05, 0) is 37.6 Å². The predicted octanol–water partition coefficient (Wildman–Crippen LogP) is 4.72. The summed E-state index contributed by atoms with van der Waals surface area (Å²) in [4.78, 5) is 12.2. The van der Waals surface area contributed by atoms with Gasteiger partial charge in [0, 0.05) is 5.69 Å². The molecule has 3 rings (SSSR count). The number of ether oxygens (including phenoxy) is 1. The molecule has 1 amide bonds. The standard InChI is InChI=1S/C19H20N4O2S2/c1-3-25-16-11-7-6-10-15(16)20-17(24)12-26-19-23-22-18(27-19)21-14-9-5-4-8-13(14)2/h4-11H,3,12H2,1-2H3,(H,20,24)(H,21,22). The molecule has 27 heavy (non-hydrogen) atoms. The fourth-order valence-electron chi connectivity index (χ4n) is 2.31. The lowest BCUT2D eigenvalue weighted by Gasteiger charge is -2.10. The van der Waals surface area contributed by atoms with Crippen molar-refractivity contribution >= 4 is 45.5 Å². The van der Waals surface area contributed by atoms with Gasteiger partial charge in [0.25, 0.3) is 0 Å². The molecule has 8 heteroatoms. The van der Waals surface area contributed by atoms with Gasteiger partial charge in [0.05, 0.1) is 18.0 Å². The van der Waals surface area contributed by atoms with E-state index in [9.17, 15) is 4.79 Å². The van der Waals surface area contributed by atoms with Crippen molar-refractivity contribution in [1.82, 2.24) is 10.2 Å². The minimum Gasteiger partial charge on any atom is -0.492 e. The van der Waals surface area contributed by atoms with Crippen LogP contribution in [0.3, 0.4) is 0 Å². The van der Waals surface area contributed by atoms with Crippen LogP contribution in [0, 0.1) is 6.92 Å². The van der Waals surface area contributed by atoms with E-state index in [0.29, 0.717) is 23.2 Å². The molecule has 1 aromatic heterocycles. The van der Waals surface area contributed by atoms with Gasteiger partial charge in [-0.1, -0.05) is 53.4 Å². The van der Waals surface area contributed by atoms with Gasteiger partial charge in [-0.3, -0.25) is 4.79 Å². The number of aryl methyl sites for hydroxylation is 1. The zero-order valence-corrected chi connectivity index (χ0v) is 16.7. The Morgan fingerprint density at radius 3 is 2.63 bits per heavy atom. The molecule has 0 aliphatic rings. The van der Waals surface area contributed by atoms with Gasteiger partial charge in [-0.15, -0.1) is 10.2 Å². The lowest BCUT2D eigenvalue weighted by Crippen LogP contribution is -2.14. The van der Waals surface area contributed by atoms with Crippen molar-refractivity contribution in [2.45, 2.75) is 18.2 Å². The maximum absolute atomic E-state index is 12.2. The van der Waals surface area contributed by atoms with E-state index in [-0.39, 0.29) is 11.7 Å². The fraction of sp³-hybridized carbons (Fsp3) is 0.211. The molecule has 140 valence electrons. The number of carbonyl (C=O) groups excluding carboxylic acids is 1. The Kier molecular flexibility index (Phi) is 6.67. The predicted molar refractivity (Wildman–Crippen MR) is 111 cm³/mol. The van der Waals surface area contributed by atoms with Crippen LogP contribution < -0.4 is 15.4 Å². The van der Waals surface area contributed by atoms with E-state index in [2.05, 4.69) is 20.8 Å². The number of amides is 1. The molecule has 0 radical (unpaired) electrons. The van der Waals surface area contributed by atoms with Crippen molar-refractivity contribution < 1.29 is 9.53 Å². The molecule has 0 aliphatic carbocycles. The molecule has 3 aromatic rings. The van der Waals surface area contributed by atoms with E-state index in [1.165, 1.54) is 23.1 Å². The summed E-state index contributed by atoms with van der Waals surface area (Å²) in [6, 6.07) is 15.4. The zero-order chi connectivity index (χ0) is 19.1. The van der Waals surface area contributed by atoms with E-state index >= 15 is 0 Å². The van der Waals surface area contributed by atoms with E-state index in [1.54, 1.807) is 0 Å². The van der Waals surface area contributed by atoms with Crippen molar-refractivity contribution in [3.8, 4) is 5.75 Å². The molecule has 0 fully saturated rings. The second-order valence-corrected chi connectivity index (χ2v) is 7.78. The Morgan fingerprint density at radius 2 is 1.85 bits per heavy atom. The van der Waals surface area contributed by atoms with Crippen molar-refractivity contribution in [2.75, 3.05) is 23.0 Å². The zero-order valence-electron chi connectivity index (χ0n) is 15.1. The van der Waals surface area contributed by atoms with E-state index < -0.39 is 0 Å². The van der Waals surface area contributed by atoms with Crippen LogP contribution in [-0.2, 0) is 4.79 Å². The van der Waals surface area contributed by atoms with Crippen LogP contribution in [0.4, 0.5) is 16.5 Å². The molecule has 0 saturated carbocycles. The minimum atomic E-state index is -0.115. The third-order valence-electron chi connectivity index (χ3n) is 3.58. The molecule has 2 N–H and O–H groups in total. The Hall–Kier alpha value is -2.58. The van der Waals surface area contributed by atoms with Gasteiger partial charge in [-0.25, -0.2) is 0 Å². The number of nitrogens with zero attached hydrogens (tertiary/aromatic N) is 2. The summed E-state index contributed by atoms with van der Waals surface area (Å²) in [5.41, 5.74) is 2.80. The normalized spacial score (nSPS) is 10.4. The average Bonchev–Trinajstić information content (AvgIpc) is 3.11. The maximum atomic E-state index is 12.2. The number of hydrogen-bond donors (Lipinski definition) is 2. The first-order valence-corrected chi connectivity index (χ1v) is 10.3. The first-order chi connectivity index (χ1) is 13.2. The number of para-hydroxylation sites is 3. The Morgan fingerprint density at radius 1 is 1.11 bits per heavy atom. The first kappa shape index (κ1) is 19.2. The first-order valence-electron chi connectivity index (χ1n) is 8.46. The molecule has 0 unspecified atom stereocenters. The molecular weight excluding hydrogens is 380 g/mol. The molecule has 0 aliphatic heterocycles. The van der Waals surface area contributed by atoms with Gasteiger partial charge >= 0.3 is 0 Å². The van der Waals surface area contributed by atoms with Crippen molar-refractivity contribution in [3.05, 3.63) is 54.1 Å². The Bertz CT molecular complexity index is 914. The molecule has 6 nitrogen and oxygen atoms in total. The largest absolute Gasteiger partial charge is 0.492 e. The van der Waals surface area contributed by atoms with Gasteiger partial charge in [0.15, 0.2) is 4.34 Å². The minimum absolute atomic E-state index is 0.115. The number of aromatic nitrogens is 2. The topological polar surface area (TPSA) is 76.1 Å². The van der Waals surface area contributed by atoms with Gasteiger partial charge in [-0.2, -0.15) is 0 Å². The summed E-state index contributed by atoms with van der Waals surface area (Å²) in [5.74, 6) is 0.800. The van der Waals surface area contributed by atoms with E-state index in [0.717, 1.165) is 15.6 Å². The van der Waals surface area contributed by atoms with Gasteiger partial charge < -0.3 is 15.4 Å². The second kappa shape index (κ2) is 9.38. The highest BCUT2D eigenvalue weighted by Crippen LogP contribution is 2.29. The number of hydrogen-bond acceptors (Lipinski definition) is 7. The molecular formula is C19H20N4O2S2. The van der Waals surface area contributed by atoms with Crippen LogP contribution >= 0.6 is 23.1 Å². The average molecular weight is 401 g/mol. The van der Waals surface area contributed by atoms with Crippen molar-refractivity contribution in [3.63, 3.8) is 0 Å². The molecule has 0 bridgehead atoms. The van der Waals surface area contributed by atoms with E-state index in [4.69, 9.17) is 4.74 Å². The molecule has 2 aromatic carbocycles. The highest BCUT2D eigenvalue weighted by atomic mass is 32.2. The number of rotatable bonds is 8. The molecule has 0 saturated heterocycles. The summed E-state index contributed by atoms with van der Waals surface area (Å²) in [5, 5.41) is 15.1.